The monoisotopic (exact) mass is 353 g/mol. The predicted molar refractivity (Wildman–Crippen MR) is 103 cm³/mol. The summed E-state index contributed by atoms with van der Waals surface area (Å²) in [6.45, 7) is 7.97. The molecule has 0 unspecified atom stereocenters. The van der Waals surface area contributed by atoms with Crippen molar-refractivity contribution in [2.24, 2.45) is 0 Å². The molecule has 0 fully saturated rings. The van der Waals surface area contributed by atoms with Crippen molar-refractivity contribution in [2.75, 3.05) is 13.1 Å². The van der Waals surface area contributed by atoms with Gasteiger partial charge in [-0.2, -0.15) is 0 Å². The number of hydrogen-bond donors (Lipinski definition) is 1. The first-order chi connectivity index (χ1) is 12.5. The molecular formula is C21H27N3O2. The summed E-state index contributed by atoms with van der Waals surface area (Å²) in [6.07, 6.45) is 3.32. The van der Waals surface area contributed by atoms with Crippen molar-refractivity contribution in [3.8, 4) is 0 Å². The molecular weight excluding hydrogens is 326 g/mol. The molecule has 1 heterocycles. The topological polar surface area (TPSA) is 62.3 Å². The molecule has 0 aliphatic carbocycles. The van der Waals surface area contributed by atoms with Gasteiger partial charge >= 0.3 is 0 Å². The lowest BCUT2D eigenvalue weighted by Gasteiger charge is -2.21. The Labute approximate surface area is 155 Å². The standard InChI is InChI=1S/C21H27N3O2/c1-4-12-24(13-5-2)21(26)18-10-11-22-19(14-18)20(25)23-15-17-8-6-16(3)7-9-17/h6-11,14H,4-5,12-13,15H2,1-3H3,(H,23,25). The molecule has 1 aromatic heterocycles. The lowest BCUT2D eigenvalue weighted by Crippen LogP contribution is -2.33. The molecule has 0 atom stereocenters. The molecule has 2 rings (SSSR count). The second kappa shape index (κ2) is 9.70. The minimum absolute atomic E-state index is 0.0521. The second-order valence-corrected chi connectivity index (χ2v) is 6.39. The van der Waals surface area contributed by atoms with E-state index in [1.165, 1.54) is 11.8 Å². The maximum Gasteiger partial charge on any atom is 0.270 e. The fourth-order valence-corrected chi connectivity index (χ4v) is 2.70. The maximum absolute atomic E-state index is 12.7. The van der Waals surface area contributed by atoms with Crippen molar-refractivity contribution in [1.82, 2.24) is 15.2 Å². The maximum atomic E-state index is 12.7. The number of hydrogen-bond acceptors (Lipinski definition) is 3. The Morgan fingerprint density at radius 3 is 2.31 bits per heavy atom. The average molecular weight is 353 g/mol. The Bertz CT molecular complexity index is 735. The van der Waals surface area contributed by atoms with E-state index < -0.39 is 0 Å². The van der Waals surface area contributed by atoms with Gasteiger partial charge in [-0.25, -0.2) is 0 Å². The van der Waals surface area contributed by atoms with E-state index in [1.54, 1.807) is 12.1 Å². The third-order valence-electron chi connectivity index (χ3n) is 4.09. The van der Waals surface area contributed by atoms with Crippen LogP contribution in [-0.4, -0.2) is 34.8 Å². The number of rotatable bonds is 8. The van der Waals surface area contributed by atoms with E-state index >= 15 is 0 Å². The molecule has 1 N–H and O–H groups in total. The minimum Gasteiger partial charge on any atom is -0.347 e. The van der Waals surface area contributed by atoms with Gasteiger partial charge in [0.15, 0.2) is 0 Å². The number of nitrogens with one attached hydrogen (secondary N) is 1. The zero-order chi connectivity index (χ0) is 18.9. The number of aromatic nitrogens is 1. The van der Waals surface area contributed by atoms with Crippen LogP contribution in [0.3, 0.4) is 0 Å². The Balaban J connectivity index is 2.05. The quantitative estimate of drug-likeness (QED) is 0.789. The van der Waals surface area contributed by atoms with Crippen LogP contribution in [0, 0.1) is 6.92 Å². The van der Waals surface area contributed by atoms with Crippen molar-refractivity contribution in [3.63, 3.8) is 0 Å². The van der Waals surface area contributed by atoms with Crippen LogP contribution in [0.15, 0.2) is 42.6 Å². The Morgan fingerprint density at radius 1 is 1.04 bits per heavy atom. The summed E-state index contributed by atoms with van der Waals surface area (Å²) in [5.74, 6) is -0.332. The average Bonchev–Trinajstić information content (AvgIpc) is 2.66. The predicted octanol–water partition coefficient (Wildman–Crippen LogP) is 3.58. The molecule has 2 aromatic rings. The Kier molecular flexibility index (Phi) is 7.33. The number of aryl methyl sites for hydroxylation is 1. The molecule has 1 aromatic carbocycles. The van der Waals surface area contributed by atoms with Gasteiger partial charge in [0.2, 0.25) is 0 Å². The molecule has 5 nitrogen and oxygen atoms in total. The van der Waals surface area contributed by atoms with Crippen molar-refractivity contribution in [3.05, 3.63) is 65.0 Å². The van der Waals surface area contributed by atoms with Crippen LogP contribution in [-0.2, 0) is 6.54 Å². The van der Waals surface area contributed by atoms with Gasteiger partial charge in [0.05, 0.1) is 0 Å². The van der Waals surface area contributed by atoms with E-state index in [0.29, 0.717) is 25.2 Å². The third kappa shape index (κ3) is 5.41. The number of carbonyl (C=O) groups is 2. The van der Waals surface area contributed by atoms with Crippen LogP contribution in [0.2, 0.25) is 0 Å². The Hall–Kier alpha value is -2.69. The summed E-state index contributed by atoms with van der Waals surface area (Å²) in [6, 6.07) is 11.2. The summed E-state index contributed by atoms with van der Waals surface area (Å²) in [4.78, 5) is 31.0. The van der Waals surface area contributed by atoms with E-state index in [-0.39, 0.29) is 17.5 Å². The van der Waals surface area contributed by atoms with Crippen LogP contribution in [0.25, 0.3) is 0 Å². The van der Waals surface area contributed by atoms with Crippen LogP contribution in [0.5, 0.6) is 0 Å². The second-order valence-electron chi connectivity index (χ2n) is 6.39. The minimum atomic E-state index is -0.280. The van der Waals surface area contributed by atoms with Gasteiger partial charge in [0.25, 0.3) is 11.8 Å². The van der Waals surface area contributed by atoms with Gasteiger partial charge in [-0.3, -0.25) is 14.6 Å². The zero-order valence-corrected chi connectivity index (χ0v) is 15.8. The SMILES string of the molecule is CCCN(CCC)C(=O)c1ccnc(C(=O)NCc2ccc(C)cc2)c1. The summed E-state index contributed by atoms with van der Waals surface area (Å²) in [7, 11) is 0. The normalized spacial score (nSPS) is 10.4. The van der Waals surface area contributed by atoms with E-state index in [2.05, 4.69) is 10.3 Å². The fraction of sp³-hybridized carbons (Fsp3) is 0.381. The van der Waals surface area contributed by atoms with Crippen LogP contribution >= 0.6 is 0 Å². The molecule has 138 valence electrons. The number of carbonyl (C=O) groups excluding carboxylic acids is 2. The van der Waals surface area contributed by atoms with Crippen molar-refractivity contribution in [2.45, 2.75) is 40.2 Å². The summed E-state index contributed by atoms with van der Waals surface area (Å²) < 4.78 is 0. The molecule has 0 spiro atoms. The molecule has 0 bridgehead atoms. The molecule has 0 saturated heterocycles. The third-order valence-corrected chi connectivity index (χ3v) is 4.09. The number of benzene rings is 1. The van der Waals surface area contributed by atoms with Crippen LogP contribution in [0.1, 0.15) is 58.7 Å². The van der Waals surface area contributed by atoms with Gasteiger partial charge in [-0.1, -0.05) is 43.7 Å². The van der Waals surface area contributed by atoms with Gasteiger partial charge in [-0.15, -0.1) is 0 Å². The largest absolute Gasteiger partial charge is 0.347 e. The summed E-state index contributed by atoms with van der Waals surface area (Å²) in [5.41, 5.74) is 2.96. The van der Waals surface area contributed by atoms with E-state index in [4.69, 9.17) is 0 Å². The van der Waals surface area contributed by atoms with Gasteiger partial charge in [0.1, 0.15) is 5.69 Å². The Morgan fingerprint density at radius 2 is 1.69 bits per heavy atom. The molecule has 2 amide bonds. The first-order valence-corrected chi connectivity index (χ1v) is 9.14. The molecule has 0 saturated carbocycles. The summed E-state index contributed by atoms with van der Waals surface area (Å²) in [5, 5.41) is 2.85. The van der Waals surface area contributed by atoms with E-state index in [1.807, 2.05) is 49.9 Å². The lowest BCUT2D eigenvalue weighted by atomic mass is 10.1. The number of nitrogens with zero attached hydrogens (tertiary/aromatic N) is 2. The number of pyridine rings is 1. The van der Waals surface area contributed by atoms with Crippen molar-refractivity contribution >= 4 is 11.8 Å². The van der Waals surface area contributed by atoms with Crippen LogP contribution in [0.4, 0.5) is 0 Å². The highest BCUT2D eigenvalue weighted by Crippen LogP contribution is 2.09. The molecule has 0 radical (unpaired) electrons. The van der Waals surface area contributed by atoms with Crippen molar-refractivity contribution in [1.29, 1.82) is 0 Å². The van der Waals surface area contributed by atoms with Gasteiger partial charge in [0, 0.05) is 31.4 Å². The molecule has 5 heteroatoms. The number of amides is 2. The molecule has 26 heavy (non-hydrogen) atoms. The zero-order valence-electron chi connectivity index (χ0n) is 15.8. The van der Waals surface area contributed by atoms with E-state index in [9.17, 15) is 9.59 Å². The lowest BCUT2D eigenvalue weighted by molar-refractivity contribution is 0.0755. The van der Waals surface area contributed by atoms with Crippen molar-refractivity contribution < 1.29 is 9.59 Å². The van der Waals surface area contributed by atoms with Crippen LogP contribution < -0.4 is 5.32 Å². The van der Waals surface area contributed by atoms with E-state index in [0.717, 1.165) is 18.4 Å². The summed E-state index contributed by atoms with van der Waals surface area (Å²) >= 11 is 0. The highest BCUT2D eigenvalue weighted by molar-refractivity contribution is 5.98. The highest BCUT2D eigenvalue weighted by Gasteiger charge is 2.16. The fourth-order valence-electron chi connectivity index (χ4n) is 2.70. The smallest absolute Gasteiger partial charge is 0.270 e. The first kappa shape index (κ1) is 19.6. The van der Waals surface area contributed by atoms with Gasteiger partial charge < -0.3 is 10.2 Å². The highest BCUT2D eigenvalue weighted by atomic mass is 16.2. The van der Waals surface area contributed by atoms with Gasteiger partial charge in [-0.05, 0) is 37.5 Å². The molecule has 0 aliphatic heterocycles. The first-order valence-electron chi connectivity index (χ1n) is 9.14. The molecule has 0 aliphatic rings.